The SMILES string of the molecule is CN(Cc1ccccc1Br)C(=O)CCc1nc(-c2ccncc2)no1. The number of carbonyl (C=O) groups excluding carboxylic acids is 1. The Bertz CT molecular complexity index is 851. The number of aryl methyl sites for hydroxylation is 1. The maximum absolute atomic E-state index is 12.3. The Morgan fingerprint density at radius 3 is 2.72 bits per heavy atom. The third-order valence-electron chi connectivity index (χ3n) is 3.75. The highest BCUT2D eigenvalue weighted by Crippen LogP contribution is 2.18. The van der Waals surface area contributed by atoms with Gasteiger partial charge in [-0.05, 0) is 23.8 Å². The van der Waals surface area contributed by atoms with Crippen molar-refractivity contribution < 1.29 is 9.32 Å². The van der Waals surface area contributed by atoms with Gasteiger partial charge in [0.25, 0.3) is 0 Å². The molecule has 128 valence electrons. The van der Waals surface area contributed by atoms with Gasteiger partial charge in [-0.2, -0.15) is 4.98 Å². The van der Waals surface area contributed by atoms with Gasteiger partial charge in [-0.25, -0.2) is 0 Å². The van der Waals surface area contributed by atoms with Crippen molar-refractivity contribution in [2.75, 3.05) is 7.05 Å². The first-order chi connectivity index (χ1) is 12.1. The predicted molar refractivity (Wildman–Crippen MR) is 96.5 cm³/mol. The molecular weight excluding hydrogens is 384 g/mol. The lowest BCUT2D eigenvalue weighted by Gasteiger charge is -2.17. The zero-order valence-electron chi connectivity index (χ0n) is 13.7. The predicted octanol–water partition coefficient (Wildman–Crippen LogP) is 3.49. The van der Waals surface area contributed by atoms with Crippen molar-refractivity contribution in [2.24, 2.45) is 0 Å². The fourth-order valence-corrected chi connectivity index (χ4v) is 2.76. The second-order valence-electron chi connectivity index (χ2n) is 5.59. The molecule has 0 aliphatic carbocycles. The van der Waals surface area contributed by atoms with Crippen LogP contribution in [0, 0.1) is 0 Å². The zero-order valence-corrected chi connectivity index (χ0v) is 15.3. The van der Waals surface area contributed by atoms with Crippen LogP contribution in [0.5, 0.6) is 0 Å². The van der Waals surface area contributed by atoms with Gasteiger partial charge in [-0.1, -0.05) is 39.3 Å². The van der Waals surface area contributed by atoms with Crippen molar-refractivity contribution in [3.8, 4) is 11.4 Å². The summed E-state index contributed by atoms with van der Waals surface area (Å²) in [5.41, 5.74) is 1.90. The molecular formula is C18H17BrN4O2. The first-order valence-corrected chi connectivity index (χ1v) is 8.63. The molecule has 0 atom stereocenters. The maximum Gasteiger partial charge on any atom is 0.227 e. The summed E-state index contributed by atoms with van der Waals surface area (Å²) in [4.78, 5) is 22.3. The van der Waals surface area contributed by atoms with Crippen LogP contribution in [-0.2, 0) is 17.8 Å². The number of hydrogen-bond donors (Lipinski definition) is 0. The van der Waals surface area contributed by atoms with Gasteiger partial charge in [0.05, 0.1) is 0 Å². The highest BCUT2D eigenvalue weighted by atomic mass is 79.9. The number of halogens is 1. The van der Waals surface area contributed by atoms with Gasteiger partial charge in [0, 0.05) is 48.9 Å². The first-order valence-electron chi connectivity index (χ1n) is 7.84. The third kappa shape index (κ3) is 4.51. The summed E-state index contributed by atoms with van der Waals surface area (Å²) in [6.07, 6.45) is 4.08. The number of aromatic nitrogens is 3. The van der Waals surface area contributed by atoms with Crippen molar-refractivity contribution in [1.29, 1.82) is 0 Å². The van der Waals surface area contributed by atoms with Gasteiger partial charge in [-0.3, -0.25) is 9.78 Å². The Kier molecular flexibility index (Phi) is 5.55. The van der Waals surface area contributed by atoms with Gasteiger partial charge >= 0.3 is 0 Å². The van der Waals surface area contributed by atoms with Crippen LogP contribution in [0.3, 0.4) is 0 Å². The lowest BCUT2D eigenvalue weighted by Crippen LogP contribution is -2.26. The van der Waals surface area contributed by atoms with Crippen LogP contribution in [-0.4, -0.2) is 33.0 Å². The highest BCUT2D eigenvalue weighted by molar-refractivity contribution is 9.10. The number of amides is 1. The molecule has 6 nitrogen and oxygen atoms in total. The second kappa shape index (κ2) is 8.02. The molecule has 0 radical (unpaired) electrons. The molecule has 0 spiro atoms. The van der Waals surface area contributed by atoms with E-state index in [0.717, 1.165) is 15.6 Å². The van der Waals surface area contributed by atoms with Gasteiger partial charge < -0.3 is 9.42 Å². The van der Waals surface area contributed by atoms with Crippen LogP contribution in [0.15, 0.2) is 57.8 Å². The molecule has 0 aliphatic heterocycles. The summed E-state index contributed by atoms with van der Waals surface area (Å²) in [5, 5.41) is 3.94. The number of carbonyl (C=O) groups is 1. The monoisotopic (exact) mass is 400 g/mol. The van der Waals surface area contributed by atoms with Crippen molar-refractivity contribution >= 4 is 21.8 Å². The van der Waals surface area contributed by atoms with E-state index in [4.69, 9.17) is 4.52 Å². The Morgan fingerprint density at radius 1 is 1.20 bits per heavy atom. The maximum atomic E-state index is 12.3. The highest BCUT2D eigenvalue weighted by Gasteiger charge is 2.14. The van der Waals surface area contributed by atoms with Crippen molar-refractivity contribution in [3.63, 3.8) is 0 Å². The van der Waals surface area contributed by atoms with E-state index in [1.807, 2.05) is 36.4 Å². The molecule has 3 aromatic rings. The van der Waals surface area contributed by atoms with Crippen LogP contribution >= 0.6 is 15.9 Å². The average Bonchev–Trinajstić information content (AvgIpc) is 3.11. The summed E-state index contributed by atoms with van der Waals surface area (Å²) in [6.45, 7) is 0.548. The summed E-state index contributed by atoms with van der Waals surface area (Å²) in [6, 6.07) is 11.5. The number of pyridine rings is 1. The molecule has 0 saturated heterocycles. The van der Waals surface area contributed by atoms with E-state index in [1.54, 1.807) is 24.3 Å². The van der Waals surface area contributed by atoms with Gasteiger partial charge in [0.1, 0.15) is 0 Å². The summed E-state index contributed by atoms with van der Waals surface area (Å²) in [7, 11) is 1.79. The van der Waals surface area contributed by atoms with E-state index in [0.29, 0.717) is 31.1 Å². The van der Waals surface area contributed by atoms with Gasteiger partial charge in [-0.15, -0.1) is 0 Å². The molecule has 3 rings (SSSR count). The normalized spacial score (nSPS) is 10.6. The lowest BCUT2D eigenvalue weighted by atomic mass is 10.2. The second-order valence-corrected chi connectivity index (χ2v) is 6.44. The van der Waals surface area contributed by atoms with E-state index < -0.39 is 0 Å². The topological polar surface area (TPSA) is 72.1 Å². The minimum Gasteiger partial charge on any atom is -0.341 e. The molecule has 0 aliphatic rings. The van der Waals surface area contributed by atoms with E-state index in [1.165, 1.54) is 0 Å². The van der Waals surface area contributed by atoms with Gasteiger partial charge in [0.15, 0.2) is 0 Å². The Balaban J connectivity index is 1.55. The lowest BCUT2D eigenvalue weighted by molar-refractivity contribution is -0.130. The standard InChI is InChI=1S/C18H17BrN4O2/c1-23(12-14-4-2-3-5-15(14)19)17(24)7-6-16-21-18(22-25-16)13-8-10-20-11-9-13/h2-5,8-11H,6-7,12H2,1H3. The van der Waals surface area contributed by atoms with E-state index in [2.05, 4.69) is 31.1 Å². The molecule has 0 bridgehead atoms. The van der Waals surface area contributed by atoms with Crippen molar-refractivity contribution in [3.05, 3.63) is 64.7 Å². The van der Waals surface area contributed by atoms with E-state index in [9.17, 15) is 4.79 Å². The largest absolute Gasteiger partial charge is 0.341 e. The first kappa shape index (κ1) is 17.3. The number of hydrogen-bond acceptors (Lipinski definition) is 5. The molecule has 0 saturated carbocycles. The Labute approximate surface area is 154 Å². The minimum atomic E-state index is 0.0272. The Hall–Kier alpha value is -2.54. The smallest absolute Gasteiger partial charge is 0.227 e. The molecule has 1 aromatic carbocycles. The van der Waals surface area contributed by atoms with E-state index >= 15 is 0 Å². The number of nitrogens with zero attached hydrogens (tertiary/aromatic N) is 4. The molecule has 2 aromatic heterocycles. The van der Waals surface area contributed by atoms with E-state index in [-0.39, 0.29) is 5.91 Å². The summed E-state index contributed by atoms with van der Waals surface area (Å²) >= 11 is 3.50. The molecule has 25 heavy (non-hydrogen) atoms. The zero-order chi connectivity index (χ0) is 17.6. The molecule has 0 N–H and O–H groups in total. The quantitative estimate of drug-likeness (QED) is 0.633. The van der Waals surface area contributed by atoms with Crippen LogP contribution in [0.4, 0.5) is 0 Å². The third-order valence-corrected chi connectivity index (χ3v) is 4.52. The van der Waals surface area contributed by atoms with Crippen molar-refractivity contribution in [1.82, 2.24) is 20.0 Å². The van der Waals surface area contributed by atoms with Crippen LogP contribution in [0.25, 0.3) is 11.4 Å². The van der Waals surface area contributed by atoms with Crippen LogP contribution < -0.4 is 0 Å². The molecule has 0 fully saturated rings. The van der Waals surface area contributed by atoms with Crippen LogP contribution in [0.1, 0.15) is 17.9 Å². The summed E-state index contributed by atoms with van der Waals surface area (Å²) < 4.78 is 6.22. The molecule has 1 amide bonds. The fourth-order valence-electron chi connectivity index (χ4n) is 2.35. The van der Waals surface area contributed by atoms with Crippen LogP contribution in [0.2, 0.25) is 0 Å². The Morgan fingerprint density at radius 2 is 1.96 bits per heavy atom. The number of benzene rings is 1. The molecule has 7 heteroatoms. The average molecular weight is 401 g/mol. The molecule has 2 heterocycles. The van der Waals surface area contributed by atoms with Crippen molar-refractivity contribution in [2.45, 2.75) is 19.4 Å². The molecule has 0 unspecified atom stereocenters. The minimum absolute atomic E-state index is 0.0272. The number of rotatable bonds is 6. The summed E-state index contributed by atoms with van der Waals surface area (Å²) in [5.74, 6) is 0.986. The fraction of sp³-hybridized carbons (Fsp3) is 0.222. The van der Waals surface area contributed by atoms with Gasteiger partial charge in [0.2, 0.25) is 17.6 Å².